The van der Waals surface area contributed by atoms with Crippen LogP contribution in [-0.2, 0) is 4.79 Å². The van der Waals surface area contributed by atoms with Gasteiger partial charge in [-0.15, -0.1) is 0 Å². The van der Waals surface area contributed by atoms with Crippen LogP contribution in [0.4, 0.5) is 5.69 Å². The summed E-state index contributed by atoms with van der Waals surface area (Å²) in [5, 5.41) is 2.96. The van der Waals surface area contributed by atoms with Crippen LogP contribution in [0.3, 0.4) is 0 Å². The summed E-state index contributed by atoms with van der Waals surface area (Å²) in [5.41, 5.74) is 8.73. The molecule has 0 aliphatic rings. The average Bonchev–Trinajstić information content (AvgIpc) is 2.24. The van der Waals surface area contributed by atoms with Gasteiger partial charge in [0.1, 0.15) is 0 Å². The summed E-state index contributed by atoms with van der Waals surface area (Å²) in [6.45, 7) is 8.41. The lowest BCUT2D eigenvalue weighted by Gasteiger charge is -2.19. The second-order valence-corrected chi connectivity index (χ2v) is 4.89. The molecule has 3 N–H and O–H groups in total. The van der Waals surface area contributed by atoms with Crippen molar-refractivity contribution in [2.45, 2.75) is 27.7 Å². The van der Waals surface area contributed by atoms with E-state index in [4.69, 9.17) is 5.73 Å². The van der Waals surface area contributed by atoms with Crippen molar-refractivity contribution in [3.63, 3.8) is 0 Å². The highest BCUT2D eigenvalue weighted by Crippen LogP contribution is 2.19. The van der Waals surface area contributed by atoms with Gasteiger partial charge in [-0.05, 0) is 37.0 Å². The van der Waals surface area contributed by atoms with E-state index in [1.807, 2.05) is 45.9 Å². The first-order chi connectivity index (χ1) is 7.95. The highest BCUT2D eigenvalue weighted by Gasteiger charge is 2.20. The summed E-state index contributed by atoms with van der Waals surface area (Å²) in [6.07, 6.45) is 0. The number of rotatable bonds is 4. The molecular weight excluding hydrogens is 212 g/mol. The number of amides is 1. The van der Waals surface area contributed by atoms with Gasteiger partial charge < -0.3 is 11.1 Å². The molecule has 0 fully saturated rings. The third kappa shape index (κ3) is 3.56. The molecule has 1 rings (SSSR count). The summed E-state index contributed by atoms with van der Waals surface area (Å²) in [6, 6.07) is 6.03. The lowest BCUT2D eigenvalue weighted by molar-refractivity contribution is -0.120. The average molecular weight is 234 g/mol. The quantitative estimate of drug-likeness (QED) is 0.841. The van der Waals surface area contributed by atoms with Crippen LogP contribution in [0.5, 0.6) is 0 Å². The molecule has 3 nitrogen and oxygen atoms in total. The number of nitrogens with two attached hydrogens (primary N) is 1. The van der Waals surface area contributed by atoms with Gasteiger partial charge in [-0.2, -0.15) is 0 Å². The molecule has 0 spiro atoms. The molecule has 0 heterocycles. The molecule has 1 atom stereocenters. The summed E-state index contributed by atoms with van der Waals surface area (Å²) < 4.78 is 0. The molecule has 0 saturated heterocycles. The third-order valence-electron chi connectivity index (χ3n) is 3.05. The molecule has 94 valence electrons. The fourth-order valence-corrected chi connectivity index (χ4v) is 1.78. The standard InChI is InChI=1S/C14H22N2O/c1-9(2)12(8-15)14(17)16-13-7-10(3)5-6-11(13)4/h5-7,9,12H,8,15H2,1-4H3,(H,16,17). The lowest BCUT2D eigenvalue weighted by atomic mass is 9.95. The SMILES string of the molecule is Cc1ccc(C)c(NC(=O)C(CN)C(C)C)c1. The first-order valence-corrected chi connectivity index (χ1v) is 6.04. The minimum Gasteiger partial charge on any atom is -0.330 e. The van der Waals surface area contributed by atoms with Gasteiger partial charge in [0.05, 0.1) is 5.92 Å². The number of benzene rings is 1. The zero-order valence-corrected chi connectivity index (χ0v) is 11.1. The molecule has 1 aromatic carbocycles. The van der Waals surface area contributed by atoms with Gasteiger partial charge in [-0.3, -0.25) is 4.79 Å². The Hall–Kier alpha value is -1.35. The fraction of sp³-hybridized carbons (Fsp3) is 0.500. The molecule has 0 saturated carbocycles. The molecule has 3 heteroatoms. The predicted molar refractivity (Wildman–Crippen MR) is 71.9 cm³/mol. The van der Waals surface area contributed by atoms with Crippen LogP contribution in [0.1, 0.15) is 25.0 Å². The van der Waals surface area contributed by atoms with E-state index in [9.17, 15) is 4.79 Å². The molecule has 0 aliphatic carbocycles. The van der Waals surface area contributed by atoms with Gasteiger partial charge in [0.2, 0.25) is 5.91 Å². The Kier molecular flexibility index (Phi) is 4.70. The monoisotopic (exact) mass is 234 g/mol. The minimum atomic E-state index is -0.130. The van der Waals surface area contributed by atoms with Crippen molar-refractivity contribution >= 4 is 11.6 Å². The van der Waals surface area contributed by atoms with Crippen molar-refractivity contribution in [3.8, 4) is 0 Å². The number of nitrogens with one attached hydrogen (secondary N) is 1. The Balaban J connectivity index is 2.83. The maximum atomic E-state index is 12.1. The first kappa shape index (κ1) is 13.7. The van der Waals surface area contributed by atoms with Gasteiger partial charge >= 0.3 is 0 Å². The lowest BCUT2D eigenvalue weighted by Crippen LogP contribution is -2.33. The number of anilines is 1. The largest absolute Gasteiger partial charge is 0.330 e. The highest BCUT2D eigenvalue weighted by molar-refractivity contribution is 5.93. The van der Waals surface area contributed by atoms with Gasteiger partial charge in [0, 0.05) is 12.2 Å². The highest BCUT2D eigenvalue weighted by atomic mass is 16.1. The number of carbonyl (C=O) groups excluding carboxylic acids is 1. The van der Waals surface area contributed by atoms with Crippen molar-refractivity contribution in [1.29, 1.82) is 0 Å². The maximum Gasteiger partial charge on any atom is 0.229 e. The molecule has 1 aromatic rings. The van der Waals surface area contributed by atoms with E-state index in [1.54, 1.807) is 0 Å². The third-order valence-corrected chi connectivity index (χ3v) is 3.05. The molecule has 1 unspecified atom stereocenters. The smallest absolute Gasteiger partial charge is 0.229 e. The summed E-state index contributed by atoms with van der Waals surface area (Å²) in [7, 11) is 0. The van der Waals surface area contributed by atoms with Crippen molar-refractivity contribution in [1.82, 2.24) is 0 Å². The summed E-state index contributed by atoms with van der Waals surface area (Å²) in [5.74, 6) is 0.135. The van der Waals surface area contributed by atoms with E-state index in [1.165, 1.54) is 0 Å². The zero-order valence-electron chi connectivity index (χ0n) is 11.1. The molecular formula is C14H22N2O. The van der Waals surface area contributed by atoms with Crippen LogP contribution in [0, 0.1) is 25.7 Å². The van der Waals surface area contributed by atoms with Crippen LogP contribution in [0.15, 0.2) is 18.2 Å². The Bertz CT molecular complexity index is 399. The summed E-state index contributed by atoms with van der Waals surface area (Å²) >= 11 is 0. The van der Waals surface area contributed by atoms with Gasteiger partial charge in [-0.25, -0.2) is 0 Å². The van der Waals surface area contributed by atoms with Crippen LogP contribution < -0.4 is 11.1 Å². The Labute approximate surface area is 103 Å². The topological polar surface area (TPSA) is 55.1 Å². The fourth-order valence-electron chi connectivity index (χ4n) is 1.78. The van der Waals surface area contributed by atoms with Crippen molar-refractivity contribution < 1.29 is 4.79 Å². The number of hydrogen-bond donors (Lipinski definition) is 2. The van der Waals surface area contributed by atoms with E-state index < -0.39 is 0 Å². The van der Waals surface area contributed by atoms with Crippen LogP contribution >= 0.6 is 0 Å². The van der Waals surface area contributed by atoms with Gasteiger partial charge in [0.25, 0.3) is 0 Å². The van der Waals surface area contributed by atoms with Crippen LogP contribution in [0.25, 0.3) is 0 Å². The van der Waals surface area contributed by atoms with E-state index >= 15 is 0 Å². The van der Waals surface area contributed by atoms with Gasteiger partial charge in [0.15, 0.2) is 0 Å². The molecule has 17 heavy (non-hydrogen) atoms. The molecule has 0 aromatic heterocycles. The zero-order chi connectivity index (χ0) is 13.0. The second kappa shape index (κ2) is 5.82. The second-order valence-electron chi connectivity index (χ2n) is 4.89. The predicted octanol–water partition coefficient (Wildman–Crippen LogP) is 2.47. The minimum absolute atomic E-state index is 0.0104. The summed E-state index contributed by atoms with van der Waals surface area (Å²) in [4.78, 5) is 12.1. The molecule has 1 amide bonds. The Morgan fingerprint density at radius 3 is 2.53 bits per heavy atom. The molecule has 0 bridgehead atoms. The first-order valence-electron chi connectivity index (χ1n) is 6.04. The maximum absolute atomic E-state index is 12.1. The van der Waals surface area contributed by atoms with Gasteiger partial charge in [-0.1, -0.05) is 26.0 Å². The normalized spacial score (nSPS) is 12.6. The van der Waals surface area contributed by atoms with Crippen molar-refractivity contribution in [2.75, 3.05) is 11.9 Å². The number of hydrogen-bond acceptors (Lipinski definition) is 2. The Morgan fingerprint density at radius 1 is 1.35 bits per heavy atom. The van der Waals surface area contributed by atoms with Crippen LogP contribution in [-0.4, -0.2) is 12.5 Å². The number of aryl methyl sites for hydroxylation is 2. The molecule has 0 radical (unpaired) electrons. The Morgan fingerprint density at radius 2 is 2.00 bits per heavy atom. The van der Waals surface area contributed by atoms with E-state index in [0.717, 1.165) is 16.8 Å². The number of carbonyl (C=O) groups is 1. The van der Waals surface area contributed by atoms with E-state index in [-0.39, 0.29) is 17.7 Å². The molecule has 0 aliphatic heterocycles. The van der Waals surface area contributed by atoms with Crippen LogP contribution in [0.2, 0.25) is 0 Å². The van der Waals surface area contributed by atoms with E-state index in [2.05, 4.69) is 5.32 Å². The van der Waals surface area contributed by atoms with Crippen molar-refractivity contribution in [2.24, 2.45) is 17.6 Å². The van der Waals surface area contributed by atoms with Crippen molar-refractivity contribution in [3.05, 3.63) is 29.3 Å². The van der Waals surface area contributed by atoms with E-state index in [0.29, 0.717) is 6.54 Å².